The van der Waals surface area contributed by atoms with Crippen LogP contribution in [0.4, 0.5) is 0 Å². The van der Waals surface area contributed by atoms with Gasteiger partial charge in [-0.25, -0.2) is 4.79 Å². The molecule has 0 aromatic carbocycles. The average molecular weight is 198 g/mol. The van der Waals surface area contributed by atoms with Crippen LogP contribution >= 0.6 is 11.6 Å². The van der Waals surface area contributed by atoms with Crippen LogP contribution in [0.25, 0.3) is 10.9 Å². The van der Waals surface area contributed by atoms with Crippen LogP contribution in [0.5, 0.6) is 0 Å². The fourth-order valence-corrected chi connectivity index (χ4v) is 1.25. The van der Waals surface area contributed by atoms with Gasteiger partial charge in [0.1, 0.15) is 5.69 Å². The average Bonchev–Trinajstić information content (AvgIpc) is 2.49. The summed E-state index contributed by atoms with van der Waals surface area (Å²) in [4.78, 5) is 13.2. The molecule has 2 heterocycles. The summed E-state index contributed by atoms with van der Waals surface area (Å²) in [5.74, 6) is -1.03. The zero-order valence-electron chi connectivity index (χ0n) is 6.28. The summed E-state index contributed by atoms with van der Waals surface area (Å²) in [7, 11) is 0. The number of aromatic nitrogens is 3. The van der Waals surface area contributed by atoms with E-state index in [1.807, 2.05) is 0 Å². The van der Waals surface area contributed by atoms with Gasteiger partial charge in [-0.1, -0.05) is 11.6 Å². The molecule has 0 fully saturated rings. The smallest absolute Gasteiger partial charge is 0.352 e. The van der Waals surface area contributed by atoms with Gasteiger partial charge in [-0.2, -0.15) is 5.10 Å². The van der Waals surface area contributed by atoms with Crippen molar-refractivity contribution in [2.45, 2.75) is 0 Å². The highest BCUT2D eigenvalue weighted by Crippen LogP contribution is 2.19. The van der Waals surface area contributed by atoms with Gasteiger partial charge in [0.2, 0.25) is 0 Å². The molecule has 2 aromatic rings. The minimum atomic E-state index is -1.03. The van der Waals surface area contributed by atoms with Crippen LogP contribution < -0.4 is 0 Å². The molecule has 0 bridgehead atoms. The van der Waals surface area contributed by atoms with Gasteiger partial charge in [0.15, 0.2) is 5.15 Å². The highest BCUT2D eigenvalue weighted by molar-refractivity contribution is 6.33. The van der Waals surface area contributed by atoms with E-state index in [4.69, 9.17) is 16.7 Å². The lowest BCUT2D eigenvalue weighted by Crippen LogP contribution is -1.94. The van der Waals surface area contributed by atoms with Crippen molar-refractivity contribution in [2.75, 3.05) is 0 Å². The lowest BCUT2D eigenvalue weighted by atomic mass is 10.3. The van der Waals surface area contributed by atoms with E-state index in [2.05, 4.69) is 15.2 Å². The first-order valence-corrected chi connectivity index (χ1v) is 3.79. The van der Waals surface area contributed by atoms with Crippen LogP contribution in [0, 0.1) is 0 Å². The monoisotopic (exact) mass is 197 g/mol. The second kappa shape index (κ2) is 2.70. The van der Waals surface area contributed by atoms with Gasteiger partial charge >= 0.3 is 5.97 Å². The third kappa shape index (κ3) is 1.23. The molecule has 0 unspecified atom stereocenters. The number of hydrogen-bond acceptors (Lipinski definition) is 3. The Balaban J connectivity index is 2.75. The molecule has 0 spiro atoms. The highest BCUT2D eigenvalue weighted by Gasteiger charge is 2.09. The molecule has 13 heavy (non-hydrogen) atoms. The van der Waals surface area contributed by atoms with Gasteiger partial charge in [-0.3, -0.25) is 0 Å². The quantitative estimate of drug-likeness (QED) is 0.723. The third-order valence-corrected chi connectivity index (χ3v) is 1.89. The van der Waals surface area contributed by atoms with Crippen molar-refractivity contribution in [1.29, 1.82) is 0 Å². The molecule has 5 nitrogen and oxygen atoms in total. The Hall–Kier alpha value is -1.62. The van der Waals surface area contributed by atoms with E-state index >= 15 is 0 Å². The molecule has 0 saturated heterocycles. The number of rotatable bonds is 1. The number of nitrogens with zero attached hydrogens (tertiary/aromatic N) is 2. The van der Waals surface area contributed by atoms with Crippen LogP contribution in [0.1, 0.15) is 10.5 Å². The van der Waals surface area contributed by atoms with Crippen molar-refractivity contribution < 1.29 is 9.90 Å². The second-order valence-electron chi connectivity index (χ2n) is 2.45. The van der Waals surface area contributed by atoms with E-state index in [9.17, 15) is 4.79 Å². The number of aromatic amines is 1. The fraction of sp³-hybridized carbons (Fsp3) is 0. The van der Waals surface area contributed by atoms with Crippen LogP contribution in [0.3, 0.4) is 0 Å². The summed E-state index contributed by atoms with van der Waals surface area (Å²) >= 11 is 5.68. The first-order valence-electron chi connectivity index (χ1n) is 3.41. The Morgan fingerprint density at radius 3 is 3.00 bits per heavy atom. The van der Waals surface area contributed by atoms with Crippen molar-refractivity contribution in [3.05, 3.63) is 23.1 Å². The molecule has 2 aromatic heterocycles. The molecule has 0 amide bonds. The first-order chi connectivity index (χ1) is 6.18. The fourth-order valence-electron chi connectivity index (χ4n) is 1.05. The Bertz CT molecular complexity index is 480. The normalized spacial score (nSPS) is 10.5. The largest absolute Gasteiger partial charge is 0.477 e. The van der Waals surface area contributed by atoms with E-state index in [1.165, 1.54) is 12.3 Å². The van der Waals surface area contributed by atoms with E-state index in [0.717, 1.165) is 0 Å². The van der Waals surface area contributed by atoms with E-state index in [0.29, 0.717) is 10.9 Å². The van der Waals surface area contributed by atoms with Crippen molar-refractivity contribution in [2.24, 2.45) is 0 Å². The Kier molecular flexibility index (Phi) is 1.66. The third-order valence-electron chi connectivity index (χ3n) is 1.63. The van der Waals surface area contributed by atoms with Crippen LogP contribution in [0.15, 0.2) is 12.3 Å². The zero-order valence-corrected chi connectivity index (χ0v) is 7.04. The number of aromatic carboxylic acids is 1. The maximum Gasteiger partial charge on any atom is 0.352 e. The van der Waals surface area contributed by atoms with Gasteiger partial charge in [0.05, 0.1) is 11.7 Å². The highest BCUT2D eigenvalue weighted by atomic mass is 35.5. The van der Waals surface area contributed by atoms with Crippen molar-refractivity contribution in [3.8, 4) is 0 Å². The molecule has 0 atom stereocenters. The van der Waals surface area contributed by atoms with E-state index in [-0.39, 0.29) is 10.8 Å². The molecular formula is C7H4ClN3O2. The minimum Gasteiger partial charge on any atom is -0.477 e. The molecule has 0 saturated carbocycles. The van der Waals surface area contributed by atoms with E-state index in [1.54, 1.807) is 0 Å². The maximum atomic E-state index is 10.6. The predicted octanol–water partition coefficient (Wildman–Crippen LogP) is 1.31. The van der Waals surface area contributed by atoms with Gasteiger partial charge in [0, 0.05) is 5.39 Å². The van der Waals surface area contributed by atoms with Crippen LogP contribution in [-0.4, -0.2) is 26.3 Å². The van der Waals surface area contributed by atoms with Crippen LogP contribution in [-0.2, 0) is 0 Å². The number of carboxylic acids is 1. The molecular weight excluding hydrogens is 194 g/mol. The predicted molar refractivity (Wildman–Crippen MR) is 45.9 cm³/mol. The van der Waals surface area contributed by atoms with Crippen LogP contribution in [0.2, 0.25) is 5.15 Å². The van der Waals surface area contributed by atoms with E-state index < -0.39 is 5.97 Å². The summed E-state index contributed by atoms with van der Waals surface area (Å²) < 4.78 is 0. The number of carbonyl (C=O) groups is 1. The van der Waals surface area contributed by atoms with Gasteiger partial charge < -0.3 is 10.1 Å². The number of hydrogen-bond donors (Lipinski definition) is 2. The molecule has 6 heteroatoms. The SMILES string of the molecule is O=C(O)c1cc2cnnc(Cl)c2[nH]1. The Morgan fingerprint density at radius 2 is 2.38 bits per heavy atom. The number of H-pyrrole nitrogens is 1. The number of halogens is 1. The lowest BCUT2D eigenvalue weighted by Gasteiger charge is -1.88. The number of nitrogens with one attached hydrogen (secondary N) is 1. The molecule has 0 aliphatic rings. The molecule has 0 radical (unpaired) electrons. The Labute approximate surface area is 77.4 Å². The molecule has 0 aliphatic heterocycles. The first kappa shape index (κ1) is 8.00. The summed E-state index contributed by atoms with van der Waals surface area (Å²) in [6.45, 7) is 0. The van der Waals surface area contributed by atoms with Crippen molar-refractivity contribution in [3.63, 3.8) is 0 Å². The second-order valence-corrected chi connectivity index (χ2v) is 2.81. The standard InChI is InChI=1S/C7H4ClN3O2/c8-6-5-3(2-9-11-6)1-4(10-5)7(12)13/h1-2,10H,(H,12,13). The van der Waals surface area contributed by atoms with Crippen molar-refractivity contribution in [1.82, 2.24) is 15.2 Å². The zero-order chi connectivity index (χ0) is 9.42. The summed E-state index contributed by atoms with van der Waals surface area (Å²) in [5.41, 5.74) is 0.570. The van der Waals surface area contributed by atoms with Crippen molar-refractivity contribution >= 4 is 28.5 Å². The molecule has 2 N–H and O–H groups in total. The topological polar surface area (TPSA) is 78.9 Å². The molecule has 66 valence electrons. The molecule has 0 aliphatic carbocycles. The lowest BCUT2D eigenvalue weighted by molar-refractivity contribution is 0.0691. The maximum absolute atomic E-state index is 10.6. The van der Waals surface area contributed by atoms with Gasteiger partial charge in [-0.05, 0) is 6.07 Å². The summed E-state index contributed by atoms with van der Waals surface area (Å²) in [6, 6.07) is 1.46. The summed E-state index contributed by atoms with van der Waals surface area (Å²) in [5, 5.41) is 16.6. The number of carboxylic acid groups (broad SMARTS) is 1. The molecule has 2 rings (SSSR count). The van der Waals surface area contributed by atoms with Gasteiger partial charge in [-0.15, -0.1) is 5.10 Å². The van der Waals surface area contributed by atoms with Gasteiger partial charge in [0.25, 0.3) is 0 Å². The summed E-state index contributed by atoms with van der Waals surface area (Å²) in [6.07, 6.45) is 1.45. The number of fused-ring (bicyclic) bond motifs is 1. The minimum absolute atomic E-state index is 0.0756. The Morgan fingerprint density at radius 1 is 1.62 bits per heavy atom.